The third-order valence-electron chi connectivity index (χ3n) is 5.60. The number of aromatic carboxylic acids is 1. The number of aromatic amines is 2. The van der Waals surface area contributed by atoms with Crippen LogP contribution in [0.3, 0.4) is 0 Å². The zero-order valence-electron chi connectivity index (χ0n) is 17.3. The molecule has 0 bridgehead atoms. The maximum absolute atomic E-state index is 11.9. The van der Waals surface area contributed by atoms with Crippen molar-refractivity contribution < 1.29 is 19.4 Å². The summed E-state index contributed by atoms with van der Waals surface area (Å²) in [4.78, 5) is 19.9. The van der Waals surface area contributed by atoms with E-state index in [1.54, 1.807) is 13.2 Å². The number of imidazole rings is 1. The van der Waals surface area contributed by atoms with Gasteiger partial charge in [-0.05, 0) is 23.8 Å². The third-order valence-corrected chi connectivity index (χ3v) is 5.60. The number of carbonyl (C=O) groups is 1. The van der Waals surface area contributed by atoms with Gasteiger partial charge in [-0.1, -0.05) is 42.5 Å². The molecule has 0 radical (unpaired) electrons. The number of methoxy groups -OCH3 is 2. The minimum Gasteiger partial charge on any atom is -0.494 e. The van der Waals surface area contributed by atoms with Gasteiger partial charge in [0.05, 0.1) is 12.7 Å². The van der Waals surface area contributed by atoms with E-state index in [1.165, 1.54) is 13.2 Å². The Hall–Kier alpha value is -4.24. The van der Waals surface area contributed by atoms with Crippen LogP contribution in [-0.4, -0.2) is 50.7 Å². The highest BCUT2D eigenvalue weighted by atomic mass is 16.5. The number of para-hydroxylation sites is 1. The lowest BCUT2D eigenvalue weighted by Gasteiger charge is -2.31. The second kappa shape index (κ2) is 7.47. The average Bonchev–Trinajstić information content (AvgIpc) is 3.48. The van der Waals surface area contributed by atoms with Gasteiger partial charge in [0.25, 0.3) is 0 Å². The molecule has 3 N–H and O–H groups in total. The van der Waals surface area contributed by atoms with Gasteiger partial charge in [0.2, 0.25) is 0 Å². The number of aromatic nitrogens is 5. The summed E-state index contributed by atoms with van der Waals surface area (Å²) in [7, 11) is 3.10. The number of rotatable bonds is 6. The number of ether oxygens (including phenoxy) is 2. The second-order valence-corrected chi connectivity index (χ2v) is 7.18. The first-order valence-electron chi connectivity index (χ1n) is 9.81. The van der Waals surface area contributed by atoms with Gasteiger partial charge < -0.3 is 19.6 Å². The fourth-order valence-corrected chi connectivity index (χ4v) is 4.15. The minimum atomic E-state index is -1.22. The molecule has 0 fully saturated rings. The molecule has 0 spiro atoms. The van der Waals surface area contributed by atoms with Crippen LogP contribution in [0.2, 0.25) is 0 Å². The summed E-state index contributed by atoms with van der Waals surface area (Å²) in [5.41, 5.74) is 2.34. The Balaban J connectivity index is 1.90. The Kier molecular flexibility index (Phi) is 4.60. The Morgan fingerprint density at radius 3 is 2.50 bits per heavy atom. The molecule has 5 aromatic rings. The van der Waals surface area contributed by atoms with Crippen LogP contribution in [0.1, 0.15) is 27.3 Å². The number of hydrogen-bond donors (Lipinski definition) is 3. The lowest BCUT2D eigenvalue weighted by atomic mass is 9.84. The van der Waals surface area contributed by atoms with Crippen molar-refractivity contribution in [1.82, 2.24) is 25.4 Å². The normalized spacial score (nSPS) is 13.3. The van der Waals surface area contributed by atoms with E-state index in [0.717, 1.165) is 5.56 Å². The minimum absolute atomic E-state index is 0.0565. The summed E-state index contributed by atoms with van der Waals surface area (Å²) in [6.45, 7) is 0. The predicted molar refractivity (Wildman–Crippen MR) is 117 cm³/mol. The van der Waals surface area contributed by atoms with Crippen LogP contribution in [0.25, 0.3) is 22.1 Å². The first kappa shape index (κ1) is 19.7. The largest absolute Gasteiger partial charge is 0.494 e. The van der Waals surface area contributed by atoms with E-state index in [9.17, 15) is 9.90 Å². The summed E-state index contributed by atoms with van der Waals surface area (Å²) < 4.78 is 11.7. The van der Waals surface area contributed by atoms with Crippen molar-refractivity contribution in [2.45, 2.75) is 5.60 Å². The van der Waals surface area contributed by atoms with Crippen LogP contribution in [0.15, 0.2) is 60.7 Å². The number of nitrogens with one attached hydrogen (secondary N) is 2. The molecular formula is C23H19N5O4. The summed E-state index contributed by atoms with van der Waals surface area (Å²) in [6.07, 6.45) is 0. The van der Waals surface area contributed by atoms with Gasteiger partial charge in [0.1, 0.15) is 33.6 Å². The van der Waals surface area contributed by atoms with Gasteiger partial charge in [-0.2, -0.15) is 15.4 Å². The van der Waals surface area contributed by atoms with Crippen LogP contribution in [0.4, 0.5) is 0 Å². The van der Waals surface area contributed by atoms with Crippen molar-refractivity contribution in [2.75, 3.05) is 14.2 Å². The SMILES string of the molecule is COc1ccc(C(=O)O)c2nc(C(OC)(c3ccccc3)c3cccc4n[nH]nc34)[nH]c12. The molecule has 0 amide bonds. The molecule has 9 nitrogen and oxygen atoms in total. The maximum Gasteiger partial charge on any atom is 0.337 e. The highest BCUT2D eigenvalue weighted by molar-refractivity contribution is 6.03. The van der Waals surface area contributed by atoms with E-state index in [2.05, 4.69) is 20.4 Å². The second-order valence-electron chi connectivity index (χ2n) is 7.18. The van der Waals surface area contributed by atoms with Crippen LogP contribution >= 0.6 is 0 Å². The van der Waals surface area contributed by atoms with Crippen molar-refractivity contribution in [1.29, 1.82) is 0 Å². The molecule has 0 saturated heterocycles. The van der Waals surface area contributed by atoms with E-state index >= 15 is 0 Å². The van der Waals surface area contributed by atoms with E-state index < -0.39 is 11.6 Å². The van der Waals surface area contributed by atoms with E-state index in [4.69, 9.17) is 14.5 Å². The molecule has 2 heterocycles. The monoisotopic (exact) mass is 429 g/mol. The fourth-order valence-electron chi connectivity index (χ4n) is 4.15. The molecule has 32 heavy (non-hydrogen) atoms. The van der Waals surface area contributed by atoms with Crippen LogP contribution in [0.5, 0.6) is 5.75 Å². The molecule has 9 heteroatoms. The molecule has 0 saturated carbocycles. The van der Waals surface area contributed by atoms with Crippen LogP contribution in [-0.2, 0) is 10.3 Å². The molecule has 160 valence electrons. The smallest absolute Gasteiger partial charge is 0.337 e. The number of fused-ring (bicyclic) bond motifs is 2. The van der Waals surface area contributed by atoms with E-state index in [0.29, 0.717) is 33.7 Å². The van der Waals surface area contributed by atoms with Crippen molar-refractivity contribution in [3.05, 3.63) is 83.2 Å². The summed E-state index contributed by atoms with van der Waals surface area (Å²) in [6, 6.07) is 18.2. The zero-order chi connectivity index (χ0) is 22.3. The van der Waals surface area contributed by atoms with Gasteiger partial charge in [-0.3, -0.25) is 0 Å². The van der Waals surface area contributed by atoms with Gasteiger partial charge in [0, 0.05) is 12.7 Å². The van der Waals surface area contributed by atoms with Gasteiger partial charge in [-0.15, -0.1) is 0 Å². The number of H-pyrrole nitrogens is 2. The molecular weight excluding hydrogens is 410 g/mol. The Morgan fingerprint density at radius 1 is 0.969 bits per heavy atom. The first-order valence-corrected chi connectivity index (χ1v) is 9.81. The predicted octanol–water partition coefficient (Wildman–Crippen LogP) is 3.48. The number of carboxylic acids is 1. The Bertz CT molecular complexity index is 1440. The lowest BCUT2D eigenvalue weighted by Crippen LogP contribution is -2.33. The molecule has 0 aliphatic heterocycles. The molecule has 1 atom stereocenters. The van der Waals surface area contributed by atoms with Crippen molar-refractivity contribution >= 4 is 28.0 Å². The number of carboxylic acid groups (broad SMARTS) is 1. The van der Waals surface area contributed by atoms with Gasteiger partial charge in [0.15, 0.2) is 5.60 Å². The molecule has 3 aromatic carbocycles. The molecule has 1 unspecified atom stereocenters. The Labute approximate surface area is 182 Å². The Morgan fingerprint density at radius 2 is 1.78 bits per heavy atom. The van der Waals surface area contributed by atoms with E-state index in [1.807, 2.05) is 48.5 Å². The van der Waals surface area contributed by atoms with Crippen molar-refractivity contribution in [3.63, 3.8) is 0 Å². The highest BCUT2D eigenvalue weighted by Gasteiger charge is 2.42. The standard InChI is InChI=1S/C23H19N5O4/c1-31-17-12-11-14(21(29)30)18-20(17)25-22(24-18)23(32-2,13-7-4-3-5-8-13)15-9-6-10-16-19(15)27-28-26-16/h3-12H,1-2H3,(H,24,25)(H,29,30)(H,26,27,28). The summed E-state index contributed by atoms with van der Waals surface area (Å²) >= 11 is 0. The van der Waals surface area contributed by atoms with Crippen LogP contribution < -0.4 is 4.74 Å². The topological polar surface area (TPSA) is 126 Å². The van der Waals surface area contributed by atoms with Gasteiger partial charge >= 0.3 is 5.97 Å². The summed E-state index contributed by atoms with van der Waals surface area (Å²) in [5.74, 6) is -0.220. The average molecular weight is 429 g/mol. The van der Waals surface area contributed by atoms with Crippen LogP contribution in [0, 0.1) is 0 Å². The summed E-state index contributed by atoms with van der Waals surface area (Å²) in [5, 5.41) is 20.9. The lowest BCUT2D eigenvalue weighted by molar-refractivity contribution is 0.0528. The number of nitrogens with zero attached hydrogens (tertiary/aromatic N) is 3. The molecule has 0 aliphatic carbocycles. The van der Waals surface area contributed by atoms with Gasteiger partial charge in [-0.25, -0.2) is 9.78 Å². The van der Waals surface area contributed by atoms with E-state index in [-0.39, 0.29) is 11.1 Å². The van der Waals surface area contributed by atoms with Crippen molar-refractivity contribution in [2.24, 2.45) is 0 Å². The number of benzene rings is 3. The quantitative estimate of drug-likeness (QED) is 0.377. The van der Waals surface area contributed by atoms with Crippen molar-refractivity contribution in [3.8, 4) is 5.75 Å². The molecule has 0 aliphatic rings. The molecule has 5 rings (SSSR count). The third kappa shape index (κ3) is 2.75. The highest BCUT2D eigenvalue weighted by Crippen LogP contribution is 2.42. The maximum atomic E-state index is 11.9. The fraction of sp³-hybridized carbons (Fsp3) is 0.130. The zero-order valence-corrected chi connectivity index (χ0v) is 17.3. The molecule has 2 aromatic heterocycles. The number of hydrogen-bond acceptors (Lipinski definition) is 6. The first-order chi connectivity index (χ1) is 15.6.